The molecular weight excluding hydrogens is 260 g/mol. The average Bonchev–Trinajstić information content (AvgIpc) is 2.43. The van der Waals surface area contributed by atoms with Gasteiger partial charge in [0, 0.05) is 18.2 Å². The highest BCUT2D eigenvalue weighted by molar-refractivity contribution is 5.45. The SMILES string of the molecule is COc1ccc(C#CCN)c(CN(C)C(C)C(C)(C)C)c1. The van der Waals surface area contributed by atoms with Crippen molar-refractivity contribution in [3.8, 4) is 17.6 Å². The standard InChI is InChI=1S/C18H28N2O/c1-14(18(2,3)4)20(5)13-16-12-17(21-6)10-9-15(16)8-7-11-19/h9-10,12,14H,11,13,19H2,1-6H3. The van der Waals surface area contributed by atoms with Crippen LogP contribution in [0.4, 0.5) is 0 Å². The molecule has 0 fully saturated rings. The van der Waals surface area contributed by atoms with Crippen LogP contribution in [-0.2, 0) is 6.54 Å². The molecule has 0 aliphatic heterocycles. The van der Waals surface area contributed by atoms with Gasteiger partial charge in [-0.25, -0.2) is 0 Å². The molecule has 21 heavy (non-hydrogen) atoms. The highest BCUT2D eigenvalue weighted by Crippen LogP contribution is 2.26. The highest BCUT2D eigenvalue weighted by atomic mass is 16.5. The van der Waals surface area contributed by atoms with Crippen molar-refractivity contribution in [1.82, 2.24) is 4.90 Å². The number of nitrogens with zero attached hydrogens (tertiary/aromatic N) is 1. The van der Waals surface area contributed by atoms with Crippen LogP contribution in [0.3, 0.4) is 0 Å². The van der Waals surface area contributed by atoms with Gasteiger partial charge in [-0.3, -0.25) is 4.90 Å². The molecule has 1 aromatic rings. The lowest BCUT2D eigenvalue weighted by atomic mass is 9.87. The zero-order chi connectivity index (χ0) is 16.0. The van der Waals surface area contributed by atoms with Gasteiger partial charge in [0.25, 0.3) is 0 Å². The van der Waals surface area contributed by atoms with Gasteiger partial charge in [0.05, 0.1) is 13.7 Å². The Morgan fingerprint density at radius 3 is 2.52 bits per heavy atom. The van der Waals surface area contributed by atoms with Gasteiger partial charge in [-0.1, -0.05) is 32.6 Å². The molecule has 1 aromatic carbocycles. The average molecular weight is 288 g/mol. The Morgan fingerprint density at radius 2 is 2.00 bits per heavy atom. The number of methoxy groups -OCH3 is 1. The summed E-state index contributed by atoms with van der Waals surface area (Å²) in [5, 5.41) is 0. The first-order valence-corrected chi connectivity index (χ1v) is 7.35. The van der Waals surface area contributed by atoms with Crippen molar-refractivity contribution in [2.75, 3.05) is 20.7 Å². The van der Waals surface area contributed by atoms with Crippen LogP contribution in [0, 0.1) is 17.3 Å². The number of hydrogen-bond acceptors (Lipinski definition) is 3. The summed E-state index contributed by atoms with van der Waals surface area (Å²) in [5.74, 6) is 6.94. The van der Waals surface area contributed by atoms with Crippen molar-refractivity contribution in [3.05, 3.63) is 29.3 Å². The van der Waals surface area contributed by atoms with Crippen molar-refractivity contribution >= 4 is 0 Å². The molecule has 0 aromatic heterocycles. The third kappa shape index (κ3) is 5.08. The van der Waals surface area contributed by atoms with E-state index in [2.05, 4.69) is 57.5 Å². The highest BCUT2D eigenvalue weighted by Gasteiger charge is 2.24. The minimum Gasteiger partial charge on any atom is -0.497 e. The number of nitrogens with two attached hydrogens (primary N) is 1. The van der Waals surface area contributed by atoms with Crippen LogP contribution in [0.25, 0.3) is 0 Å². The smallest absolute Gasteiger partial charge is 0.119 e. The van der Waals surface area contributed by atoms with E-state index in [1.165, 1.54) is 5.56 Å². The van der Waals surface area contributed by atoms with Crippen molar-refractivity contribution in [2.45, 2.75) is 40.3 Å². The molecule has 0 heterocycles. The van der Waals surface area contributed by atoms with Crippen LogP contribution in [0.5, 0.6) is 5.75 Å². The van der Waals surface area contributed by atoms with Crippen molar-refractivity contribution in [2.24, 2.45) is 11.1 Å². The quantitative estimate of drug-likeness (QED) is 0.866. The summed E-state index contributed by atoms with van der Waals surface area (Å²) in [6.07, 6.45) is 0. The molecule has 0 aliphatic rings. The minimum atomic E-state index is 0.233. The van der Waals surface area contributed by atoms with Crippen LogP contribution < -0.4 is 10.5 Å². The van der Waals surface area contributed by atoms with Gasteiger partial charge in [-0.15, -0.1) is 0 Å². The van der Waals surface area contributed by atoms with E-state index in [1.807, 2.05) is 12.1 Å². The monoisotopic (exact) mass is 288 g/mol. The van der Waals surface area contributed by atoms with Gasteiger partial charge in [-0.2, -0.15) is 0 Å². The molecule has 1 unspecified atom stereocenters. The van der Waals surface area contributed by atoms with Gasteiger partial charge in [-0.05, 0) is 43.1 Å². The van der Waals surface area contributed by atoms with Crippen molar-refractivity contribution in [1.29, 1.82) is 0 Å². The molecule has 0 saturated carbocycles. The third-order valence-electron chi connectivity index (χ3n) is 3.97. The maximum absolute atomic E-state index is 5.48. The Morgan fingerprint density at radius 1 is 1.33 bits per heavy atom. The van der Waals surface area contributed by atoms with Crippen molar-refractivity contribution < 1.29 is 4.74 Å². The fraction of sp³-hybridized carbons (Fsp3) is 0.556. The summed E-state index contributed by atoms with van der Waals surface area (Å²) in [4.78, 5) is 2.35. The Labute approximate surface area is 129 Å². The fourth-order valence-electron chi connectivity index (χ4n) is 2.16. The molecule has 0 saturated heterocycles. The van der Waals surface area contributed by atoms with E-state index in [4.69, 9.17) is 10.5 Å². The normalized spacial score (nSPS) is 12.8. The summed E-state index contributed by atoms with van der Waals surface area (Å²) in [7, 11) is 3.83. The van der Waals surface area contributed by atoms with E-state index < -0.39 is 0 Å². The molecule has 0 amide bonds. The van der Waals surface area contributed by atoms with E-state index in [0.29, 0.717) is 12.6 Å². The Kier molecular flexibility index (Phi) is 6.26. The number of benzene rings is 1. The molecule has 3 nitrogen and oxygen atoms in total. The van der Waals surface area contributed by atoms with Crippen LogP contribution in [0.1, 0.15) is 38.8 Å². The Hall–Kier alpha value is -1.50. The van der Waals surface area contributed by atoms with Gasteiger partial charge in [0.1, 0.15) is 5.75 Å². The zero-order valence-corrected chi connectivity index (χ0v) is 14.2. The lowest BCUT2D eigenvalue weighted by molar-refractivity contribution is 0.134. The first kappa shape index (κ1) is 17.6. The van der Waals surface area contributed by atoms with Gasteiger partial charge in [0.2, 0.25) is 0 Å². The lowest BCUT2D eigenvalue weighted by Crippen LogP contribution is -2.38. The predicted octanol–water partition coefficient (Wildman–Crippen LogP) is 2.87. The van der Waals surface area contributed by atoms with E-state index in [-0.39, 0.29) is 5.41 Å². The van der Waals surface area contributed by atoms with Crippen LogP contribution in [0.15, 0.2) is 18.2 Å². The van der Waals surface area contributed by atoms with Gasteiger partial charge < -0.3 is 10.5 Å². The van der Waals surface area contributed by atoms with E-state index in [9.17, 15) is 0 Å². The maximum atomic E-state index is 5.48. The van der Waals surface area contributed by atoms with Crippen molar-refractivity contribution in [3.63, 3.8) is 0 Å². The molecule has 0 radical (unpaired) electrons. The van der Waals surface area contributed by atoms with Crippen LogP contribution in [0.2, 0.25) is 0 Å². The molecule has 3 heteroatoms. The largest absolute Gasteiger partial charge is 0.497 e. The summed E-state index contributed by atoms with van der Waals surface area (Å²) < 4.78 is 5.33. The second kappa shape index (κ2) is 7.49. The minimum absolute atomic E-state index is 0.233. The lowest BCUT2D eigenvalue weighted by Gasteiger charge is -2.35. The summed E-state index contributed by atoms with van der Waals surface area (Å²) in [6, 6.07) is 6.47. The molecular formula is C18H28N2O. The molecule has 1 rings (SSSR count). The Bertz CT molecular complexity index is 520. The Balaban J connectivity index is 3.04. The third-order valence-corrected chi connectivity index (χ3v) is 3.97. The second-order valence-electron chi connectivity index (χ2n) is 6.49. The summed E-state index contributed by atoms with van der Waals surface area (Å²) >= 11 is 0. The first-order chi connectivity index (χ1) is 9.79. The summed E-state index contributed by atoms with van der Waals surface area (Å²) in [6.45, 7) is 10.2. The second-order valence-corrected chi connectivity index (χ2v) is 6.49. The molecule has 2 N–H and O–H groups in total. The van der Waals surface area contributed by atoms with Crippen LogP contribution in [-0.4, -0.2) is 31.6 Å². The number of ether oxygens (including phenoxy) is 1. The first-order valence-electron chi connectivity index (χ1n) is 7.35. The molecule has 0 bridgehead atoms. The van der Waals surface area contributed by atoms with E-state index in [1.54, 1.807) is 7.11 Å². The summed E-state index contributed by atoms with van der Waals surface area (Å²) in [5.41, 5.74) is 7.91. The predicted molar refractivity (Wildman–Crippen MR) is 89.3 cm³/mol. The molecule has 116 valence electrons. The fourth-order valence-corrected chi connectivity index (χ4v) is 2.16. The van der Waals surface area contributed by atoms with E-state index >= 15 is 0 Å². The topological polar surface area (TPSA) is 38.5 Å². The molecule has 1 atom stereocenters. The van der Waals surface area contributed by atoms with Crippen LogP contribution >= 0.6 is 0 Å². The number of rotatable bonds is 4. The van der Waals surface area contributed by atoms with Gasteiger partial charge in [0.15, 0.2) is 0 Å². The maximum Gasteiger partial charge on any atom is 0.119 e. The van der Waals surface area contributed by atoms with Gasteiger partial charge >= 0.3 is 0 Å². The molecule has 0 aliphatic carbocycles. The van der Waals surface area contributed by atoms with E-state index in [0.717, 1.165) is 17.9 Å². The number of hydrogen-bond donors (Lipinski definition) is 1. The zero-order valence-electron chi connectivity index (χ0n) is 14.2. The molecule has 0 spiro atoms.